The van der Waals surface area contributed by atoms with Gasteiger partial charge < -0.3 is 29.9 Å². The van der Waals surface area contributed by atoms with Crippen LogP contribution < -0.4 is 15.4 Å². The van der Waals surface area contributed by atoms with E-state index in [1.165, 1.54) is 6.42 Å². The Labute approximate surface area is 256 Å². The molecule has 2 N–H and O–H groups in total. The van der Waals surface area contributed by atoms with Crippen LogP contribution in [0.15, 0.2) is 36.4 Å². The van der Waals surface area contributed by atoms with Gasteiger partial charge in [-0.25, -0.2) is 0 Å². The molecule has 3 aliphatic heterocycles. The zero-order chi connectivity index (χ0) is 29.1. The third-order valence-electron chi connectivity index (χ3n) is 9.44. The van der Waals surface area contributed by atoms with E-state index >= 15 is 0 Å². The minimum absolute atomic E-state index is 0. The third kappa shape index (κ3) is 6.06. The molecule has 9 nitrogen and oxygen atoms in total. The van der Waals surface area contributed by atoms with Gasteiger partial charge in [0.25, 0.3) is 0 Å². The van der Waals surface area contributed by atoms with Crippen LogP contribution in [0.4, 0.5) is 5.69 Å². The summed E-state index contributed by atoms with van der Waals surface area (Å²) in [5, 5.41) is 6.29. The van der Waals surface area contributed by atoms with Crippen LogP contribution >= 0.6 is 12.4 Å². The van der Waals surface area contributed by atoms with Crippen molar-refractivity contribution in [2.24, 2.45) is 17.8 Å². The third-order valence-corrected chi connectivity index (χ3v) is 9.44. The van der Waals surface area contributed by atoms with Crippen LogP contribution in [0.1, 0.15) is 59.3 Å². The van der Waals surface area contributed by atoms with Crippen molar-refractivity contribution in [3.63, 3.8) is 0 Å². The second kappa shape index (κ2) is 13.8. The molecule has 3 fully saturated rings. The number of rotatable bonds is 12. The molecule has 1 aromatic rings. The first-order valence-electron chi connectivity index (χ1n) is 15.5. The molecule has 10 heteroatoms. The summed E-state index contributed by atoms with van der Waals surface area (Å²) in [6, 6.07) is 6.42. The van der Waals surface area contributed by atoms with E-state index in [4.69, 9.17) is 9.47 Å². The normalized spacial score (nSPS) is 31.2. The predicted molar refractivity (Wildman–Crippen MR) is 165 cm³/mol. The van der Waals surface area contributed by atoms with Crippen molar-refractivity contribution >= 4 is 35.8 Å². The first kappa shape index (κ1) is 32.3. The number of benzene rings is 1. The molecule has 0 radical (unpaired) electrons. The molecular weight excluding hydrogens is 556 g/mol. The lowest BCUT2D eigenvalue weighted by Crippen LogP contribution is -2.58. The van der Waals surface area contributed by atoms with Crippen LogP contribution in [0.3, 0.4) is 0 Å². The Bertz CT molecular complexity index is 1160. The van der Waals surface area contributed by atoms with E-state index in [0.29, 0.717) is 30.4 Å². The fourth-order valence-corrected chi connectivity index (χ4v) is 7.44. The summed E-state index contributed by atoms with van der Waals surface area (Å²) in [5.74, 6) is -1.10. The lowest BCUT2D eigenvalue weighted by Gasteiger charge is -2.36. The number of halogens is 1. The van der Waals surface area contributed by atoms with Gasteiger partial charge in [0.1, 0.15) is 17.4 Å². The smallest absolute Gasteiger partial charge is 0.246 e. The molecule has 7 atom stereocenters. The number of nitrogens with zero attached hydrogens (tertiary/aromatic N) is 2. The van der Waals surface area contributed by atoms with Gasteiger partial charge in [0, 0.05) is 30.9 Å². The molecule has 1 saturated carbocycles. The molecule has 7 unspecified atom stereocenters. The molecule has 1 spiro atoms. The summed E-state index contributed by atoms with van der Waals surface area (Å²) < 4.78 is 11.8. The molecule has 1 aromatic carbocycles. The maximum absolute atomic E-state index is 14.3. The maximum Gasteiger partial charge on any atom is 0.246 e. The standard InChI is InChI=1S/C32H46N4O5.ClH/c1-5-16-35(17-6-2)18-19-36-28(30(38)34-24-13-8-7-10-21(24)3)32-15-14-25(41-32)26(27(32)31(36)39)29(37)33-22-11-9-12-23(20-22)40-4;/h9,11-12,14-15,20-21,24-28H,5-8,10,13,16-19H2,1-4H3,(H,33,37)(H,34,38);1H. The number of amides is 3. The van der Waals surface area contributed by atoms with Crippen molar-refractivity contribution in [2.45, 2.75) is 83.1 Å². The highest BCUT2D eigenvalue weighted by Gasteiger charge is 2.72. The van der Waals surface area contributed by atoms with Crippen LogP contribution in [0.25, 0.3) is 0 Å². The number of fused-ring (bicyclic) bond motifs is 1. The van der Waals surface area contributed by atoms with Crippen LogP contribution in [0.5, 0.6) is 5.75 Å². The molecule has 42 heavy (non-hydrogen) atoms. The number of likely N-dealkylation sites (tertiary alicyclic amines) is 1. The van der Waals surface area contributed by atoms with Crippen molar-refractivity contribution in [1.82, 2.24) is 15.1 Å². The Balaban J connectivity index is 0.00000405. The Kier molecular flexibility index (Phi) is 10.6. The number of hydrogen-bond acceptors (Lipinski definition) is 6. The summed E-state index contributed by atoms with van der Waals surface area (Å²) in [6.07, 6.45) is 9.52. The van der Waals surface area contributed by atoms with E-state index in [2.05, 4.69) is 36.3 Å². The van der Waals surface area contributed by atoms with Gasteiger partial charge in [-0.1, -0.05) is 51.8 Å². The van der Waals surface area contributed by atoms with Crippen molar-refractivity contribution in [3.8, 4) is 5.75 Å². The zero-order valence-electron chi connectivity index (χ0n) is 25.3. The highest BCUT2D eigenvalue weighted by atomic mass is 35.5. The van der Waals surface area contributed by atoms with Crippen molar-refractivity contribution in [3.05, 3.63) is 36.4 Å². The summed E-state index contributed by atoms with van der Waals surface area (Å²) in [5.41, 5.74) is -0.562. The first-order chi connectivity index (χ1) is 19.8. The van der Waals surface area contributed by atoms with Gasteiger partial charge in [-0.2, -0.15) is 0 Å². The van der Waals surface area contributed by atoms with Crippen LogP contribution in [-0.2, 0) is 19.1 Å². The van der Waals surface area contributed by atoms with Gasteiger partial charge in [0.15, 0.2) is 0 Å². The van der Waals surface area contributed by atoms with Gasteiger partial charge in [-0.3, -0.25) is 14.4 Å². The van der Waals surface area contributed by atoms with E-state index < -0.39 is 29.6 Å². The van der Waals surface area contributed by atoms with Gasteiger partial charge in [-0.05, 0) is 56.8 Å². The molecule has 5 rings (SSSR count). The SMILES string of the molecule is CCCN(CCC)CCN1C(=O)C2C(C(=O)Nc3cccc(OC)c3)C3C=CC2(O3)C1C(=O)NC1CCCCC1C.Cl. The molecule has 2 saturated heterocycles. The summed E-state index contributed by atoms with van der Waals surface area (Å²) in [7, 11) is 1.58. The van der Waals surface area contributed by atoms with Gasteiger partial charge in [-0.15, -0.1) is 12.4 Å². The lowest BCUT2D eigenvalue weighted by molar-refractivity contribution is -0.141. The maximum atomic E-state index is 14.3. The second-order valence-corrected chi connectivity index (χ2v) is 12.2. The first-order valence-corrected chi connectivity index (χ1v) is 15.5. The van der Waals surface area contributed by atoms with Crippen LogP contribution in [-0.4, -0.2) is 84.6 Å². The summed E-state index contributed by atoms with van der Waals surface area (Å²) in [4.78, 5) is 46.2. The minimum Gasteiger partial charge on any atom is -0.497 e. The zero-order valence-corrected chi connectivity index (χ0v) is 26.2. The average Bonchev–Trinajstić information content (AvgIpc) is 3.60. The number of methoxy groups -OCH3 is 1. The molecule has 232 valence electrons. The highest BCUT2D eigenvalue weighted by Crippen LogP contribution is 2.55. The fraction of sp³-hybridized carbons (Fsp3) is 0.656. The minimum atomic E-state index is -1.15. The van der Waals surface area contributed by atoms with E-state index in [1.807, 2.05) is 18.2 Å². The number of nitrogens with one attached hydrogen (secondary N) is 2. The summed E-state index contributed by atoms with van der Waals surface area (Å²) in [6.45, 7) is 9.45. The molecule has 2 bridgehead atoms. The topological polar surface area (TPSA) is 100 Å². The fourth-order valence-electron chi connectivity index (χ4n) is 7.44. The van der Waals surface area contributed by atoms with Crippen LogP contribution in [0, 0.1) is 17.8 Å². The van der Waals surface area contributed by atoms with E-state index in [9.17, 15) is 14.4 Å². The molecule has 3 amide bonds. The Morgan fingerprint density at radius 3 is 2.55 bits per heavy atom. The monoisotopic (exact) mass is 602 g/mol. The van der Waals surface area contributed by atoms with E-state index in [-0.39, 0.29) is 36.2 Å². The number of anilines is 1. The number of carbonyl (C=O) groups is 3. The largest absolute Gasteiger partial charge is 0.497 e. The highest BCUT2D eigenvalue weighted by molar-refractivity contribution is 6.02. The quantitative estimate of drug-likeness (QED) is 0.351. The molecule has 0 aromatic heterocycles. The number of hydrogen-bond donors (Lipinski definition) is 2. The van der Waals surface area contributed by atoms with E-state index in [1.54, 1.807) is 30.2 Å². The second-order valence-electron chi connectivity index (χ2n) is 12.2. The Morgan fingerprint density at radius 1 is 1.12 bits per heavy atom. The summed E-state index contributed by atoms with van der Waals surface area (Å²) >= 11 is 0. The number of carbonyl (C=O) groups excluding carboxylic acids is 3. The predicted octanol–water partition coefficient (Wildman–Crippen LogP) is 4.02. The number of ether oxygens (including phenoxy) is 2. The molecular formula is C32H47ClN4O5. The molecule has 3 heterocycles. The van der Waals surface area contributed by atoms with Gasteiger partial charge in [0.2, 0.25) is 17.7 Å². The Hall–Kier alpha value is -2.62. The van der Waals surface area contributed by atoms with Crippen molar-refractivity contribution in [2.75, 3.05) is 38.6 Å². The van der Waals surface area contributed by atoms with Crippen molar-refractivity contribution in [1.29, 1.82) is 0 Å². The lowest BCUT2D eigenvalue weighted by atomic mass is 9.74. The van der Waals surface area contributed by atoms with Gasteiger partial charge >= 0.3 is 0 Å². The molecule has 1 aliphatic carbocycles. The van der Waals surface area contributed by atoms with Crippen LogP contribution in [0.2, 0.25) is 0 Å². The Morgan fingerprint density at radius 2 is 1.86 bits per heavy atom. The average molecular weight is 603 g/mol. The van der Waals surface area contributed by atoms with Gasteiger partial charge in [0.05, 0.1) is 25.0 Å². The van der Waals surface area contributed by atoms with E-state index in [0.717, 1.165) is 45.2 Å². The van der Waals surface area contributed by atoms with Crippen molar-refractivity contribution < 1.29 is 23.9 Å². The molecule has 4 aliphatic rings.